The molecule has 1 amide bonds. The number of rotatable bonds is 7. The second kappa shape index (κ2) is 9.94. The maximum atomic E-state index is 12.7. The second-order valence-electron chi connectivity index (χ2n) is 9.36. The zero-order chi connectivity index (χ0) is 23.4. The number of fused-ring (bicyclic) bond motifs is 1. The third-order valence-corrected chi connectivity index (χ3v) is 6.77. The first kappa shape index (κ1) is 23.3. The van der Waals surface area contributed by atoms with E-state index >= 15 is 0 Å². The van der Waals surface area contributed by atoms with Gasteiger partial charge in [0.1, 0.15) is 0 Å². The molecule has 1 atom stereocenters. The normalized spacial score (nSPS) is 16.5. The number of nitrogens with zero attached hydrogens (tertiary/aromatic N) is 2. The van der Waals surface area contributed by atoms with Gasteiger partial charge in [-0.15, -0.1) is 0 Å². The molecule has 3 aromatic rings. The number of hydrogen-bond acceptors (Lipinski definition) is 4. The van der Waals surface area contributed by atoms with E-state index in [9.17, 15) is 9.90 Å². The topological polar surface area (TPSA) is 55.8 Å². The Balaban J connectivity index is 1.23. The van der Waals surface area contributed by atoms with Gasteiger partial charge in [-0.2, -0.15) is 0 Å². The van der Waals surface area contributed by atoms with Crippen molar-refractivity contribution < 1.29 is 9.90 Å². The van der Waals surface area contributed by atoms with Crippen LogP contribution in [0.25, 0.3) is 10.8 Å². The molecule has 5 heteroatoms. The van der Waals surface area contributed by atoms with Crippen LogP contribution in [-0.4, -0.2) is 55.2 Å². The Morgan fingerprint density at radius 1 is 0.970 bits per heavy atom. The number of anilines is 1. The van der Waals surface area contributed by atoms with Crippen LogP contribution >= 0.6 is 0 Å². The van der Waals surface area contributed by atoms with Crippen molar-refractivity contribution >= 4 is 22.4 Å². The molecule has 1 unspecified atom stereocenters. The Morgan fingerprint density at radius 2 is 1.70 bits per heavy atom. The van der Waals surface area contributed by atoms with Crippen LogP contribution in [0.15, 0.2) is 60.7 Å². The minimum atomic E-state index is -1.55. The van der Waals surface area contributed by atoms with Gasteiger partial charge in [0.15, 0.2) is 5.60 Å². The van der Waals surface area contributed by atoms with Gasteiger partial charge >= 0.3 is 0 Å². The van der Waals surface area contributed by atoms with Gasteiger partial charge in [-0.1, -0.05) is 48.5 Å². The maximum Gasteiger partial charge on any atom is 0.256 e. The van der Waals surface area contributed by atoms with Crippen LogP contribution in [0.4, 0.5) is 5.69 Å². The zero-order valence-corrected chi connectivity index (χ0v) is 20.0. The Bertz CT molecular complexity index is 1120. The number of benzene rings is 3. The summed E-state index contributed by atoms with van der Waals surface area (Å²) in [4.78, 5) is 17.7. The van der Waals surface area contributed by atoms with E-state index in [1.165, 1.54) is 16.8 Å². The Kier molecular flexibility index (Phi) is 7.01. The fraction of sp³-hybridized carbons (Fsp3) is 0.393. The molecule has 3 aromatic carbocycles. The first-order chi connectivity index (χ1) is 15.8. The summed E-state index contributed by atoms with van der Waals surface area (Å²) in [7, 11) is 0. The molecule has 0 aliphatic carbocycles. The molecule has 1 fully saturated rings. The van der Waals surface area contributed by atoms with Gasteiger partial charge in [-0.05, 0) is 73.3 Å². The summed E-state index contributed by atoms with van der Waals surface area (Å²) < 4.78 is 0. The monoisotopic (exact) mass is 445 g/mol. The number of piperazine rings is 1. The summed E-state index contributed by atoms with van der Waals surface area (Å²) in [5, 5.41) is 16.0. The highest BCUT2D eigenvalue weighted by Crippen LogP contribution is 2.25. The highest BCUT2D eigenvalue weighted by atomic mass is 16.3. The van der Waals surface area contributed by atoms with Gasteiger partial charge in [0.25, 0.3) is 5.91 Å². The van der Waals surface area contributed by atoms with E-state index in [2.05, 4.69) is 47.2 Å². The molecular formula is C28H35N3O2. The summed E-state index contributed by atoms with van der Waals surface area (Å²) >= 11 is 0. The van der Waals surface area contributed by atoms with Crippen LogP contribution in [0.2, 0.25) is 0 Å². The first-order valence-corrected chi connectivity index (χ1v) is 11.9. The average Bonchev–Trinajstić information content (AvgIpc) is 2.83. The minimum absolute atomic E-state index is 0.350. The summed E-state index contributed by atoms with van der Waals surface area (Å²) in [6.45, 7) is 11.5. The van der Waals surface area contributed by atoms with E-state index in [4.69, 9.17) is 0 Å². The van der Waals surface area contributed by atoms with Crippen molar-refractivity contribution in [2.75, 3.05) is 44.2 Å². The van der Waals surface area contributed by atoms with Crippen molar-refractivity contribution in [2.45, 2.75) is 32.8 Å². The van der Waals surface area contributed by atoms with Crippen molar-refractivity contribution in [3.05, 3.63) is 77.4 Å². The lowest BCUT2D eigenvalue weighted by atomic mass is 9.93. The van der Waals surface area contributed by atoms with Gasteiger partial charge in [0.2, 0.25) is 0 Å². The van der Waals surface area contributed by atoms with E-state index in [1.54, 1.807) is 6.92 Å². The van der Waals surface area contributed by atoms with E-state index in [1.807, 2.05) is 42.5 Å². The van der Waals surface area contributed by atoms with Gasteiger partial charge in [0, 0.05) is 38.4 Å². The first-order valence-electron chi connectivity index (χ1n) is 11.9. The summed E-state index contributed by atoms with van der Waals surface area (Å²) in [6.07, 6.45) is 0.864. The van der Waals surface area contributed by atoms with Gasteiger partial charge in [-0.3, -0.25) is 9.69 Å². The molecule has 33 heavy (non-hydrogen) atoms. The fourth-order valence-corrected chi connectivity index (χ4v) is 4.57. The number of hydrogen-bond donors (Lipinski definition) is 2. The van der Waals surface area contributed by atoms with E-state index in [0.717, 1.165) is 49.9 Å². The molecule has 0 radical (unpaired) electrons. The van der Waals surface area contributed by atoms with Gasteiger partial charge in [0.05, 0.1) is 0 Å². The molecule has 0 bridgehead atoms. The van der Waals surface area contributed by atoms with Crippen LogP contribution in [0.3, 0.4) is 0 Å². The third kappa shape index (κ3) is 5.37. The summed E-state index contributed by atoms with van der Waals surface area (Å²) in [5.41, 5.74) is 3.03. The number of aliphatic hydroxyl groups is 1. The van der Waals surface area contributed by atoms with Gasteiger partial charge < -0.3 is 15.3 Å². The van der Waals surface area contributed by atoms with Crippen molar-refractivity contribution in [1.29, 1.82) is 0 Å². The standard InChI is InChI=1S/C28H35N3O2/c1-21-9-10-22(2)26(19-21)31-17-15-30(16-18-31)14-6-13-29-27(32)28(3,33)25-12-11-23-7-4-5-8-24(23)20-25/h4-5,7-12,19-20,33H,6,13-18H2,1-3H3,(H,29,32). The van der Waals surface area contributed by atoms with Crippen molar-refractivity contribution in [3.8, 4) is 0 Å². The molecule has 1 saturated heterocycles. The fourth-order valence-electron chi connectivity index (χ4n) is 4.57. The molecule has 0 spiro atoms. The smallest absolute Gasteiger partial charge is 0.256 e. The number of aryl methyl sites for hydroxylation is 2. The SMILES string of the molecule is Cc1ccc(C)c(N2CCN(CCCNC(=O)C(C)(O)c3ccc4ccccc4c3)CC2)c1. The Hall–Kier alpha value is -2.89. The summed E-state index contributed by atoms with van der Waals surface area (Å²) in [6, 6.07) is 20.3. The molecule has 0 aromatic heterocycles. The summed E-state index contributed by atoms with van der Waals surface area (Å²) in [5.74, 6) is -0.350. The molecule has 0 saturated carbocycles. The van der Waals surface area contributed by atoms with Crippen molar-refractivity contribution in [1.82, 2.24) is 10.2 Å². The van der Waals surface area contributed by atoms with E-state index < -0.39 is 5.60 Å². The Labute approximate surface area is 197 Å². The Morgan fingerprint density at radius 3 is 2.45 bits per heavy atom. The highest BCUT2D eigenvalue weighted by molar-refractivity contribution is 5.89. The van der Waals surface area contributed by atoms with Crippen LogP contribution < -0.4 is 10.2 Å². The van der Waals surface area contributed by atoms with Crippen molar-refractivity contribution in [3.63, 3.8) is 0 Å². The largest absolute Gasteiger partial charge is 0.376 e. The lowest BCUT2D eigenvalue weighted by molar-refractivity contribution is -0.139. The van der Waals surface area contributed by atoms with E-state index in [-0.39, 0.29) is 5.91 Å². The highest BCUT2D eigenvalue weighted by Gasteiger charge is 2.32. The molecule has 174 valence electrons. The van der Waals surface area contributed by atoms with Crippen LogP contribution in [0.1, 0.15) is 30.0 Å². The molecule has 2 N–H and O–H groups in total. The predicted octanol–water partition coefficient (Wildman–Crippen LogP) is 3.99. The lowest BCUT2D eigenvalue weighted by Crippen LogP contribution is -2.47. The van der Waals surface area contributed by atoms with Crippen molar-refractivity contribution in [2.24, 2.45) is 0 Å². The van der Waals surface area contributed by atoms with Crippen LogP contribution in [0, 0.1) is 13.8 Å². The number of amides is 1. The molecule has 1 heterocycles. The average molecular weight is 446 g/mol. The maximum absolute atomic E-state index is 12.7. The molecule has 1 aliphatic rings. The second-order valence-corrected chi connectivity index (χ2v) is 9.36. The zero-order valence-electron chi connectivity index (χ0n) is 20.0. The molecule has 4 rings (SSSR count). The molecule has 5 nitrogen and oxygen atoms in total. The predicted molar refractivity (Wildman–Crippen MR) is 136 cm³/mol. The lowest BCUT2D eigenvalue weighted by Gasteiger charge is -2.37. The molecular weight excluding hydrogens is 410 g/mol. The van der Waals surface area contributed by atoms with E-state index in [0.29, 0.717) is 12.1 Å². The third-order valence-electron chi connectivity index (χ3n) is 6.77. The van der Waals surface area contributed by atoms with Crippen LogP contribution in [-0.2, 0) is 10.4 Å². The number of carbonyl (C=O) groups excluding carboxylic acids is 1. The number of carbonyl (C=O) groups is 1. The quantitative estimate of drug-likeness (QED) is 0.540. The molecule has 1 aliphatic heterocycles. The number of nitrogens with one attached hydrogen (secondary N) is 1. The van der Waals surface area contributed by atoms with Crippen LogP contribution in [0.5, 0.6) is 0 Å². The van der Waals surface area contributed by atoms with Gasteiger partial charge in [-0.25, -0.2) is 0 Å². The minimum Gasteiger partial charge on any atom is -0.376 e.